The Labute approximate surface area is 92.5 Å². The van der Waals surface area contributed by atoms with Crippen molar-refractivity contribution < 1.29 is 0 Å². The van der Waals surface area contributed by atoms with Gasteiger partial charge < -0.3 is 5.32 Å². The number of likely N-dealkylation sites (N-methyl/N-ethyl adjacent to an activating group) is 1. The molecule has 0 aliphatic carbocycles. The zero-order chi connectivity index (χ0) is 10.8. The van der Waals surface area contributed by atoms with Crippen LogP contribution in [-0.4, -0.2) is 33.4 Å². The molecule has 0 amide bonds. The maximum atomic E-state index is 4.50. The maximum Gasteiger partial charge on any atom is 0.234 e. The molecule has 0 saturated carbocycles. The van der Waals surface area contributed by atoms with Gasteiger partial charge in [0.1, 0.15) is 5.01 Å². The second-order valence-corrected chi connectivity index (χ2v) is 4.80. The normalized spacial score (nSPS) is 11.7. The highest BCUT2D eigenvalue weighted by Crippen LogP contribution is 2.18. The predicted molar refractivity (Wildman–Crippen MR) is 60.4 cm³/mol. The van der Waals surface area contributed by atoms with Crippen LogP contribution in [0.1, 0.15) is 30.6 Å². The van der Waals surface area contributed by atoms with Crippen molar-refractivity contribution in [2.24, 2.45) is 0 Å². The Bertz CT molecular complexity index is 444. The number of hydrogen-bond acceptors (Lipinski definition) is 5. The first-order chi connectivity index (χ1) is 7.22. The molecule has 0 saturated heterocycles. The molecular formula is C9H15N5S. The van der Waals surface area contributed by atoms with E-state index in [1.54, 1.807) is 11.3 Å². The van der Waals surface area contributed by atoms with Gasteiger partial charge in [0.2, 0.25) is 4.96 Å². The topological polar surface area (TPSA) is 55.1 Å². The summed E-state index contributed by atoms with van der Waals surface area (Å²) in [7, 11) is 1.94. The van der Waals surface area contributed by atoms with Crippen LogP contribution < -0.4 is 5.32 Å². The molecule has 0 unspecified atom stereocenters. The van der Waals surface area contributed by atoms with Gasteiger partial charge in [0.25, 0.3) is 0 Å². The van der Waals surface area contributed by atoms with Crippen LogP contribution in [0, 0.1) is 0 Å². The molecule has 6 heteroatoms. The van der Waals surface area contributed by atoms with Crippen molar-refractivity contribution >= 4 is 16.3 Å². The van der Waals surface area contributed by atoms with Crippen molar-refractivity contribution in [3.8, 4) is 0 Å². The summed E-state index contributed by atoms with van der Waals surface area (Å²) in [4.78, 5) is 0.893. The van der Waals surface area contributed by atoms with E-state index in [9.17, 15) is 0 Å². The van der Waals surface area contributed by atoms with Gasteiger partial charge in [-0.1, -0.05) is 25.2 Å². The Morgan fingerprint density at radius 1 is 1.40 bits per heavy atom. The van der Waals surface area contributed by atoms with Crippen molar-refractivity contribution in [3.05, 3.63) is 10.8 Å². The lowest BCUT2D eigenvalue weighted by Crippen LogP contribution is -2.10. The molecule has 2 rings (SSSR count). The van der Waals surface area contributed by atoms with Gasteiger partial charge in [-0.2, -0.15) is 9.61 Å². The average Bonchev–Trinajstić information content (AvgIpc) is 2.72. The summed E-state index contributed by atoms with van der Waals surface area (Å²) in [5.74, 6) is 1.30. The molecule has 0 radical (unpaired) electrons. The van der Waals surface area contributed by atoms with Gasteiger partial charge in [0.05, 0.1) is 0 Å². The van der Waals surface area contributed by atoms with E-state index in [2.05, 4.69) is 34.5 Å². The van der Waals surface area contributed by atoms with Crippen molar-refractivity contribution in [2.45, 2.75) is 26.2 Å². The molecule has 2 heterocycles. The molecular weight excluding hydrogens is 210 g/mol. The lowest BCUT2D eigenvalue weighted by atomic mass is 10.2. The molecule has 0 atom stereocenters. The average molecular weight is 225 g/mol. The van der Waals surface area contributed by atoms with Crippen LogP contribution in [0.4, 0.5) is 0 Å². The Morgan fingerprint density at radius 3 is 2.87 bits per heavy atom. The quantitative estimate of drug-likeness (QED) is 0.845. The summed E-state index contributed by atoms with van der Waals surface area (Å²) in [6.07, 6.45) is 0.946. The van der Waals surface area contributed by atoms with Gasteiger partial charge in [-0.3, -0.25) is 0 Å². The van der Waals surface area contributed by atoms with Crippen LogP contribution in [-0.2, 0) is 6.42 Å². The first-order valence-electron chi connectivity index (χ1n) is 5.08. The van der Waals surface area contributed by atoms with Gasteiger partial charge in [-0.15, -0.1) is 10.2 Å². The van der Waals surface area contributed by atoms with Gasteiger partial charge in [-0.25, -0.2) is 0 Å². The van der Waals surface area contributed by atoms with E-state index >= 15 is 0 Å². The molecule has 2 aromatic heterocycles. The van der Waals surface area contributed by atoms with E-state index < -0.39 is 0 Å². The second-order valence-electron chi connectivity index (χ2n) is 3.76. The summed E-state index contributed by atoms with van der Waals surface area (Å²) >= 11 is 1.61. The van der Waals surface area contributed by atoms with E-state index in [1.807, 2.05) is 11.6 Å². The first-order valence-corrected chi connectivity index (χ1v) is 5.89. The maximum absolute atomic E-state index is 4.50. The largest absolute Gasteiger partial charge is 0.319 e. The molecule has 2 aromatic rings. The van der Waals surface area contributed by atoms with Crippen LogP contribution >= 0.6 is 11.3 Å². The van der Waals surface area contributed by atoms with Gasteiger partial charge in [0, 0.05) is 18.9 Å². The molecule has 0 bridgehead atoms. The van der Waals surface area contributed by atoms with Crippen LogP contribution in [0.25, 0.3) is 4.96 Å². The van der Waals surface area contributed by atoms with Crippen molar-refractivity contribution in [1.29, 1.82) is 0 Å². The van der Waals surface area contributed by atoms with Gasteiger partial charge >= 0.3 is 0 Å². The summed E-state index contributed by atoms with van der Waals surface area (Å²) < 4.78 is 1.86. The second kappa shape index (κ2) is 4.24. The molecule has 82 valence electrons. The standard InChI is InChI=1S/C9H15N5S/c1-6(2)8-11-12-9-14(8)13-7(15-9)4-5-10-3/h6,10H,4-5H2,1-3H3. The fourth-order valence-electron chi connectivity index (χ4n) is 1.36. The SMILES string of the molecule is CNCCc1nn2c(C(C)C)nnc2s1. The molecule has 0 spiro atoms. The summed E-state index contributed by atoms with van der Waals surface area (Å²) in [5, 5.41) is 17.0. The van der Waals surface area contributed by atoms with Crippen LogP contribution in [0.2, 0.25) is 0 Å². The lowest BCUT2D eigenvalue weighted by molar-refractivity contribution is 0.708. The summed E-state index contributed by atoms with van der Waals surface area (Å²) in [6, 6.07) is 0. The number of fused-ring (bicyclic) bond motifs is 1. The highest BCUT2D eigenvalue weighted by atomic mass is 32.1. The Morgan fingerprint density at radius 2 is 2.20 bits per heavy atom. The fraction of sp³-hybridized carbons (Fsp3) is 0.667. The molecule has 0 fully saturated rings. The third kappa shape index (κ3) is 2.00. The minimum atomic E-state index is 0.360. The molecule has 1 N–H and O–H groups in total. The fourth-order valence-corrected chi connectivity index (χ4v) is 2.20. The molecule has 15 heavy (non-hydrogen) atoms. The summed E-state index contributed by atoms with van der Waals surface area (Å²) in [5.41, 5.74) is 0. The number of nitrogens with zero attached hydrogens (tertiary/aromatic N) is 4. The minimum absolute atomic E-state index is 0.360. The zero-order valence-electron chi connectivity index (χ0n) is 9.19. The van der Waals surface area contributed by atoms with Gasteiger partial charge in [-0.05, 0) is 7.05 Å². The van der Waals surface area contributed by atoms with Crippen molar-refractivity contribution in [1.82, 2.24) is 25.1 Å². The Balaban J connectivity index is 2.30. The third-order valence-electron chi connectivity index (χ3n) is 2.16. The lowest BCUT2D eigenvalue weighted by Gasteiger charge is -1.97. The number of aromatic nitrogens is 4. The van der Waals surface area contributed by atoms with Crippen LogP contribution in [0.3, 0.4) is 0 Å². The van der Waals surface area contributed by atoms with E-state index in [0.29, 0.717) is 5.92 Å². The minimum Gasteiger partial charge on any atom is -0.319 e. The molecule has 0 aliphatic heterocycles. The van der Waals surface area contributed by atoms with Gasteiger partial charge in [0.15, 0.2) is 5.82 Å². The highest BCUT2D eigenvalue weighted by molar-refractivity contribution is 7.16. The number of rotatable bonds is 4. The van der Waals surface area contributed by atoms with Crippen LogP contribution in [0.15, 0.2) is 0 Å². The monoisotopic (exact) mass is 225 g/mol. The Hall–Kier alpha value is -1.01. The van der Waals surface area contributed by atoms with Crippen LogP contribution in [0.5, 0.6) is 0 Å². The van der Waals surface area contributed by atoms with E-state index in [-0.39, 0.29) is 0 Å². The van der Waals surface area contributed by atoms with E-state index in [4.69, 9.17) is 0 Å². The highest BCUT2D eigenvalue weighted by Gasteiger charge is 2.13. The van der Waals surface area contributed by atoms with Crippen molar-refractivity contribution in [3.63, 3.8) is 0 Å². The number of nitrogens with one attached hydrogen (secondary N) is 1. The third-order valence-corrected chi connectivity index (χ3v) is 3.12. The molecule has 5 nitrogen and oxygen atoms in total. The molecule has 0 aromatic carbocycles. The smallest absolute Gasteiger partial charge is 0.234 e. The van der Waals surface area contributed by atoms with Crippen molar-refractivity contribution in [2.75, 3.05) is 13.6 Å². The van der Waals surface area contributed by atoms with E-state index in [0.717, 1.165) is 28.8 Å². The zero-order valence-corrected chi connectivity index (χ0v) is 10.0. The Kier molecular flexibility index (Phi) is 2.97. The molecule has 0 aliphatic rings. The number of hydrogen-bond donors (Lipinski definition) is 1. The summed E-state index contributed by atoms with van der Waals surface area (Å²) in [6.45, 7) is 5.15. The van der Waals surface area contributed by atoms with E-state index in [1.165, 1.54) is 0 Å². The first kappa shape index (κ1) is 10.5. The predicted octanol–water partition coefficient (Wildman–Crippen LogP) is 1.07.